The minimum Gasteiger partial charge on any atom is -0.493 e. The molecular weight excluding hydrogens is 487 g/mol. The Morgan fingerprint density at radius 2 is 1.91 bits per heavy atom. The number of carbonyl (C=O) groups excluding carboxylic acids is 1. The number of hydrogen-bond acceptors (Lipinski definition) is 4. The normalized spacial score (nSPS) is 11.0. The fourth-order valence-electron chi connectivity index (χ4n) is 3.09. The summed E-state index contributed by atoms with van der Waals surface area (Å²) in [6, 6.07) is 17.2. The van der Waals surface area contributed by atoms with E-state index in [0.717, 1.165) is 11.1 Å². The van der Waals surface area contributed by atoms with Crippen LogP contribution >= 0.6 is 15.9 Å². The third-order valence-corrected chi connectivity index (χ3v) is 5.83. The standard InChI is InChI=1S/C26H22BrFN2O3/c1-16-7-6-10-23(17(16)2)30-26(31)20(14-29)11-19-12-24(32-3)25(13-21(19)27)33-15-18-8-4-5-9-22(18)28/h4-13H,15H2,1-3H3,(H,30,31)/b20-11+. The molecule has 0 aliphatic carbocycles. The van der Waals surface area contributed by atoms with Crippen LogP contribution in [-0.2, 0) is 11.4 Å². The summed E-state index contributed by atoms with van der Waals surface area (Å²) in [5.41, 5.74) is 3.51. The molecule has 0 aliphatic heterocycles. The van der Waals surface area contributed by atoms with Crippen LogP contribution in [0.5, 0.6) is 11.5 Å². The number of anilines is 1. The van der Waals surface area contributed by atoms with Crippen molar-refractivity contribution >= 4 is 33.6 Å². The van der Waals surface area contributed by atoms with E-state index in [1.807, 2.05) is 32.0 Å². The van der Waals surface area contributed by atoms with E-state index in [4.69, 9.17) is 9.47 Å². The topological polar surface area (TPSA) is 71.3 Å². The first kappa shape index (κ1) is 24.0. The fourth-order valence-corrected chi connectivity index (χ4v) is 3.52. The number of amides is 1. The van der Waals surface area contributed by atoms with Gasteiger partial charge in [0.15, 0.2) is 11.5 Å². The van der Waals surface area contributed by atoms with Gasteiger partial charge in [0, 0.05) is 15.7 Å². The molecule has 0 bridgehead atoms. The van der Waals surface area contributed by atoms with Crippen molar-refractivity contribution in [3.8, 4) is 17.6 Å². The first-order valence-corrected chi connectivity index (χ1v) is 10.9. The Kier molecular flexibility index (Phi) is 7.86. The van der Waals surface area contributed by atoms with E-state index in [1.54, 1.807) is 36.4 Å². The maximum atomic E-state index is 13.9. The van der Waals surface area contributed by atoms with Crippen LogP contribution < -0.4 is 14.8 Å². The van der Waals surface area contributed by atoms with E-state index < -0.39 is 5.91 Å². The number of halogens is 2. The quantitative estimate of drug-likeness (QED) is 0.298. The predicted molar refractivity (Wildman–Crippen MR) is 130 cm³/mol. The molecule has 3 aromatic carbocycles. The maximum absolute atomic E-state index is 13.9. The Balaban J connectivity index is 1.85. The Hall–Kier alpha value is -3.63. The fraction of sp³-hybridized carbons (Fsp3) is 0.154. The number of ether oxygens (including phenoxy) is 2. The number of hydrogen-bond donors (Lipinski definition) is 1. The lowest BCUT2D eigenvalue weighted by Crippen LogP contribution is -2.14. The Morgan fingerprint density at radius 3 is 2.61 bits per heavy atom. The predicted octanol–water partition coefficient (Wildman–Crippen LogP) is 6.34. The highest BCUT2D eigenvalue weighted by Crippen LogP contribution is 2.35. The van der Waals surface area contributed by atoms with Crippen LogP contribution in [0, 0.1) is 31.0 Å². The molecule has 0 saturated heterocycles. The molecule has 0 saturated carbocycles. The van der Waals surface area contributed by atoms with Gasteiger partial charge in [-0.2, -0.15) is 5.26 Å². The van der Waals surface area contributed by atoms with Crippen LogP contribution in [-0.4, -0.2) is 13.0 Å². The van der Waals surface area contributed by atoms with Gasteiger partial charge in [0.25, 0.3) is 5.91 Å². The lowest BCUT2D eigenvalue weighted by Gasteiger charge is -2.14. The Bertz CT molecular complexity index is 1260. The van der Waals surface area contributed by atoms with Crippen molar-refractivity contribution in [2.75, 3.05) is 12.4 Å². The summed E-state index contributed by atoms with van der Waals surface area (Å²) in [4.78, 5) is 12.7. The Morgan fingerprint density at radius 1 is 1.15 bits per heavy atom. The molecule has 3 aromatic rings. The zero-order valence-corrected chi connectivity index (χ0v) is 20.0. The van der Waals surface area contributed by atoms with E-state index in [-0.39, 0.29) is 18.0 Å². The van der Waals surface area contributed by atoms with Crippen molar-refractivity contribution in [1.82, 2.24) is 0 Å². The molecule has 5 nitrogen and oxygen atoms in total. The SMILES string of the molecule is COc1cc(/C=C(\C#N)C(=O)Nc2cccc(C)c2C)c(Br)cc1OCc1ccccc1F. The molecule has 0 unspecified atom stereocenters. The number of carbonyl (C=O) groups is 1. The summed E-state index contributed by atoms with van der Waals surface area (Å²) < 4.78 is 25.6. The maximum Gasteiger partial charge on any atom is 0.266 e. The third kappa shape index (κ3) is 5.79. The van der Waals surface area contributed by atoms with Crippen molar-refractivity contribution < 1.29 is 18.7 Å². The van der Waals surface area contributed by atoms with Gasteiger partial charge in [0.05, 0.1) is 7.11 Å². The van der Waals surface area contributed by atoms with E-state index >= 15 is 0 Å². The molecule has 0 radical (unpaired) electrons. The average Bonchev–Trinajstić information content (AvgIpc) is 2.80. The summed E-state index contributed by atoms with van der Waals surface area (Å²) in [5.74, 6) is -0.100. The summed E-state index contributed by atoms with van der Waals surface area (Å²) in [5, 5.41) is 12.4. The molecule has 1 amide bonds. The minimum absolute atomic E-state index is 0.0202. The number of nitrogens with one attached hydrogen (secondary N) is 1. The molecule has 0 heterocycles. The van der Waals surface area contributed by atoms with Gasteiger partial charge >= 0.3 is 0 Å². The van der Waals surface area contributed by atoms with Crippen LogP contribution in [0.15, 0.2) is 64.6 Å². The number of nitriles is 1. The van der Waals surface area contributed by atoms with Gasteiger partial charge in [-0.25, -0.2) is 4.39 Å². The van der Waals surface area contributed by atoms with Crippen molar-refractivity contribution in [3.05, 3.63) is 92.7 Å². The molecule has 33 heavy (non-hydrogen) atoms. The molecule has 0 spiro atoms. The van der Waals surface area contributed by atoms with Crippen LogP contribution in [0.2, 0.25) is 0 Å². The first-order valence-electron chi connectivity index (χ1n) is 10.1. The van der Waals surface area contributed by atoms with Crippen LogP contribution in [0.4, 0.5) is 10.1 Å². The molecular formula is C26H22BrFN2O3. The molecule has 0 atom stereocenters. The van der Waals surface area contributed by atoms with E-state index in [9.17, 15) is 14.4 Å². The average molecular weight is 509 g/mol. The van der Waals surface area contributed by atoms with Gasteiger partial charge in [-0.3, -0.25) is 4.79 Å². The van der Waals surface area contributed by atoms with Crippen molar-refractivity contribution in [2.24, 2.45) is 0 Å². The number of methoxy groups -OCH3 is 1. The third-order valence-electron chi connectivity index (χ3n) is 5.14. The lowest BCUT2D eigenvalue weighted by molar-refractivity contribution is -0.112. The van der Waals surface area contributed by atoms with E-state index in [2.05, 4.69) is 21.2 Å². The molecule has 0 aliphatic rings. The number of rotatable bonds is 7. The van der Waals surface area contributed by atoms with Crippen molar-refractivity contribution in [2.45, 2.75) is 20.5 Å². The summed E-state index contributed by atoms with van der Waals surface area (Å²) >= 11 is 3.45. The summed E-state index contributed by atoms with van der Waals surface area (Å²) in [6.45, 7) is 3.87. The van der Waals surface area contributed by atoms with E-state index in [0.29, 0.717) is 32.8 Å². The second-order valence-corrected chi connectivity index (χ2v) is 8.13. The zero-order valence-electron chi connectivity index (χ0n) is 18.4. The van der Waals surface area contributed by atoms with Crippen LogP contribution in [0.3, 0.4) is 0 Å². The lowest BCUT2D eigenvalue weighted by atomic mass is 10.1. The van der Waals surface area contributed by atoms with Gasteiger partial charge < -0.3 is 14.8 Å². The number of aryl methyl sites for hydroxylation is 1. The van der Waals surface area contributed by atoms with Crippen molar-refractivity contribution in [1.29, 1.82) is 5.26 Å². The monoisotopic (exact) mass is 508 g/mol. The Labute approximate surface area is 200 Å². The second-order valence-electron chi connectivity index (χ2n) is 7.28. The van der Waals surface area contributed by atoms with Gasteiger partial charge in [-0.15, -0.1) is 0 Å². The molecule has 168 valence electrons. The number of benzene rings is 3. The molecule has 1 N–H and O–H groups in total. The summed E-state index contributed by atoms with van der Waals surface area (Å²) in [7, 11) is 1.48. The van der Waals surface area contributed by atoms with Gasteiger partial charge in [0.2, 0.25) is 0 Å². The largest absolute Gasteiger partial charge is 0.493 e. The van der Waals surface area contributed by atoms with Gasteiger partial charge in [0.1, 0.15) is 24.1 Å². The van der Waals surface area contributed by atoms with Crippen molar-refractivity contribution in [3.63, 3.8) is 0 Å². The van der Waals surface area contributed by atoms with E-state index in [1.165, 1.54) is 19.3 Å². The minimum atomic E-state index is -0.517. The smallest absolute Gasteiger partial charge is 0.266 e. The number of nitrogens with zero attached hydrogens (tertiary/aromatic N) is 1. The highest BCUT2D eigenvalue weighted by atomic mass is 79.9. The highest BCUT2D eigenvalue weighted by molar-refractivity contribution is 9.10. The molecule has 0 fully saturated rings. The highest BCUT2D eigenvalue weighted by Gasteiger charge is 2.15. The first-order chi connectivity index (χ1) is 15.8. The molecule has 7 heteroatoms. The zero-order chi connectivity index (χ0) is 24.0. The van der Waals surface area contributed by atoms with Crippen LogP contribution in [0.1, 0.15) is 22.3 Å². The molecule has 0 aromatic heterocycles. The van der Waals surface area contributed by atoms with Gasteiger partial charge in [-0.1, -0.05) is 46.3 Å². The second kappa shape index (κ2) is 10.8. The summed E-state index contributed by atoms with van der Waals surface area (Å²) in [6.07, 6.45) is 1.47. The molecule has 3 rings (SSSR count). The van der Waals surface area contributed by atoms with Gasteiger partial charge in [-0.05, 0) is 60.9 Å². The van der Waals surface area contributed by atoms with Crippen LogP contribution in [0.25, 0.3) is 6.08 Å².